The zero-order chi connectivity index (χ0) is 12.4. The van der Waals surface area contributed by atoms with E-state index in [0.29, 0.717) is 11.3 Å². The molecule has 4 heteroatoms. The van der Waals surface area contributed by atoms with E-state index in [2.05, 4.69) is 4.98 Å². The third-order valence-electron chi connectivity index (χ3n) is 2.71. The fourth-order valence-corrected chi connectivity index (χ4v) is 1.69. The van der Waals surface area contributed by atoms with Crippen molar-refractivity contribution in [3.8, 4) is 5.75 Å². The van der Waals surface area contributed by atoms with Gasteiger partial charge in [0.2, 0.25) is 0 Å². The maximum absolute atomic E-state index is 11.9. The molecule has 0 saturated heterocycles. The van der Waals surface area contributed by atoms with Crippen molar-refractivity contribution < 1.29 is 14.6 Å². The van der Waals surface area contributed by atoms with Crippen molar-refractivity contribution in [1.82, 2.24) is 4.98 Å². The van der Waals surface area contributed by atoms with Crippen LogP contribution >= 0.6 is 0 Å². The number of aromatic nitrogens is 1. The molecular weight excluding hydrogens is 218 g/mol. The Kier molecular flexibility index (Phi) is 3.43. The van der Waals surface area contributed by atoms with Gasteiger partial charge < -0.3 is 9.84 Å². The van der Waals surface area contributed by atoms with E-state index >= 15 is 0 Å². The normalized spacial score (nSPS) is 16.9. The molecule has 0 radical (unpaired) electrons. The largest absolute Gasteiger partial charge is 0.489 e. The highest BCUT2D eigenvalue weighted by Crippen LogP contribution is 2.34. The average Bonchev–Trinajstić information content (AvgIpc) is 3.10. The van der Waals surface area contributed by atoms with E-state index in [0.717, 1.165) is 12.8 Å². The van der Waals surface area contributed by atoms with Crippen LogP contribution in [0.15, 0.2) is 18.5 Å². The van der Waals surface area contributed by atoms with Gasteiger partial charge in [-0.3, -0.25) is 9.78 Å². The van der Waals surface area contributed by atoms with Crippen LogP contribution in [0.3, 0.4) is 0 Å². The van der Waals surface area contributed by atoms with Crippen LogP contribution in [0.4, 0.5) is 0 Å². The van der Waals surface area contributed by atoms with Crippen molar-refractivity contribution in [3.05, 3.63) is 24.0 Å². The SMILES string of the molecule is CC(C)Oc1cncc(C(=O)C(O)C2CC2)c1. The Morgan fingerprint density at radius 3 is 2.76 bits per heavy atom. The van der Waals surface area contributed by atoms with Crippen molar-refractivity contribution in [2.24, 2.45) is 5.92 Å². The van der Waals surface area contributed by atoms with E-state index in [1.807, 2.05) is 13.8 Å². The van der Waals surface area contributed by atoms with Gasteiger partial charge in [0.1, 0.15) is 11.9 Å². The second kappa shape index (κ2) is 4.84. The molecule has 4 nitrogen and oxygen atoms in total. The van der Waals surface area contributed by atoms with Gasteiger partial charge in [0.05, 0.1) is 12.3 Å². The van der Waals surface area contributed by atoms with Crippen LogP contribution in [0.2, 0.25) is 0 Å². The summed E-state index contributed by atoms with van der Waals surface area (Å²) in [7, 11) is 0. The maximum atomic E-state index is 11.9. The number of aliphatic hydroxyl groups excluding tert-OH is 1. The molecule has 17 heavy (non-hydrogen) atoms. The van der Waals surface area contributed by atoms with Gasteiger partial charge in [0, 0.05) is 11.8 Å². The summed E-state index contributed by atoms with van der Waals surface area (Å²) in [5.74, 6) is 0.445. The van der Waals surface area contributed by atoms with Crippen LogP contribution in [0, 0.1) is 5.92 Å². The molecule has 1 aliphatic rings. The molecule has 1 fully saturated rings. The summed E-state index contributed by atoms with van der Waals surface area (Å²) in [5.41, 5.74) is 0.419. The monoisotopic (exact) mass is 235 g/mol. The number of ether oxygens (including phenoxy) is 1. The predicted octanol–water partition coefficient (Wildman–Crippen LogP) is 1.82. The number of carbonyl (C=O) groups excluding carboxylic acids is 1. The molecule has 0 spiro atoms. The summed E-state index contributed by atoms with van der Waals surface area (Å²) < 4.78 is 5.46. The lowest BCUT2D eigenvalue weighted by Crippen LogP contribution is -2.22. The summed E-state index contributed by atoms with van der Waals surface area (Å²) in [6, 6.07) is 1.64. The van der Waals surface area contributed by atoms with Crippen LogP contribution < -0.4 is 4.74 Å². The number of hydrogen-bond acceptors (Lipinski definition) is 4. The molecule has 0 aliphatic heterocycles. The van der Waals surface area contributed by atoms with Gasteiger partial charge in [0.15, 0.2) is 5.78 Å². The Morgan fingerprint density at radius 2 is 2.18 bits per heavy atom. The molecule has 1 heterocycles. The van der Waals surface area contributed by atoms with E-state index in [1.165, 1.54) is 6.20 Å². The Bertz CT molecular complexity index is 413. The van der Waals surface area contributed by atoms with Crippen molar-refractivity contribution in [2.75, 3.05) is 0 Å². The second-order valence-electron chi connectivity index (χ2n) is 4.72. The minimum Gasteiger partial charge on any atom is -0.489 e. The number of ketones is 1. The number of aliphatic hydroxyl groups is 1. The molecule has 1 saturated carbocycles. The molecule has 1 unspecified atom stereocenters. The van der Waals surface area contributed by atoms with Crippen molar-refractivity contribution in [1.29, 1.82) is 0 Å². The standard InChI is InChI=1S/C13H17NO3/c1-8(2)17-11-5-10(6-14-7-11)13(16)12(15)9-3-4-9/h5-9,12,15H,3-4H2,1-2H3. The zero-order valence-electron chi connectivity index (χ0n) is 10.1. The maximum Gasteiger partial charge on any atom is 0.193 e. The average molecular weight is 235 g/mol. The molecule has 1 aromatic heterocycles. The number of pyridine rings is 1. The van der Waals surface area contributed by atoms with Gasteiger partial charge in [-0.25, -0.2) is 0 Å². The first kappa shape index (κ1) is 12.0. The first-order valence-corrected chi connectivity index (χ1v) is 5.92. The minimum absolute atomic E-state index is 0.0375. The lowest BCUT2D eigenvalue weighted by Gasteiger charge is -2.11. The molecule has 0 aromatic carbocycles. The minimum atomic E-state index is -0.883. The first-order chi connectivity index (χ1) is 8.08. The molecule has 1 N–H and O–H groups in total. The third kappa shape index (κ3) is 3.03. The number of Topliss-reactive ketones (excluding diaryl/α,β-unsaturated/α-hetero) is 1. The van der Waals surface area contributed by atoms with Crippen LogP contribution in [0.5, 0.6) is 5.75 Å². The van der Waals surface area contributed by atoms with E-state index in [9.17, 15) is 9.90 Å². The van der Waals surface area contributed by atoms with E-state index in [1.54, 1.807) is 12.3 Å². The molecule has 92 valence electrons. The lowest BCUT2D eigenvalue weighted by molar-refractivity contribution is 0.0703. The van der Waals surface area contributed by atoms with Gasteiger partial charge in [-0.05, 0) is 38.7 Å². The zero-order valence-corrected chi connectivity index (χ0v) is 10.1. The summed E-state index contributed by atoms with van der Waals surface area (Å²) in [5, 5.41) is 9.77. The van der Waals surface area contributed by atoms with Gasteiger partial charge in [-0.2, -0.15) is 0 Å². The van der Waals surface area contributed by atoms with Gasteiger partial charge in [0.25, 0.3) is 0 Å². The summed E-state index contributed by atoms with van der Waals surface area (Å²) in [6.07, 6.45) is 4.06. The van der Waals surface area contributed by atoms with Crippen molar-refractivity contribution >= 4 is 5.78 Å². The Labute approximate surface area is 101 Å². The Balaban J connectivity index is 2.11. The number of nitrogens with zero attached hydrogens (tertiary/aromatic N) is 1. The smallest absolute Gasteiger partial charge is 0.193 e. The first-order valence-electron chi connectivity index (χ1n) is 5.92. The summed E-state index contributed by atoms with van der Waals surface area (Å²) in [4.78, 5) is 15.9. The van der Waals surface area contributed by atoms with E-state index in [-0.39, 0.29) is 17.8 Å². The number of carbonyl (C=O) groups is 1. The summed E-state index contributed by atoms with van der Waals surface area (Å²) in [6.45, 7) is 3.82. The second-order valence-corrected chi connectivity index (χ2v) is 4.72. The molecule has 0 amide bonds. The highest BCUT2D eigenvalue weighted by atomic mass is 16.5. The Hall–Kier alpha value is -1.42. The van der Waals surface area contributed by atoms with Gasteiger partial charge >= 0.3 is 0 Å². The van der Waals surface area contributed by atoms with Crippen molar-refractivity contribution in [3.63, 3.8) is 0 Å². The molecule has 1 atom stereocenters. The molecule has 0 bridgehead atoms. The van der Waals surface area contributed by atoms with E-state index < -0.39 is 6.10 Å². The van der Waals surface area contributed by atoms with E-state index in [4.69, 9.17) is 4.74 Å². The van der Waals surface area contributed by atoms with Gasteiger partial charge in [-0.1, -0.05) is 0 Å². The quantitative estimate of drug-likeness (QED) is 0.791. The van der Waals surface area contributed by atoms with Crippen LogP contribution in [0.1, 0.15) is 37.0 Å². The highest BCUT2D eigenvalue weighted by molar-refractivity contribution is 5.99. The van der Waals surface area contributed by atoms with Crippen LogP contribution in [0.25, 0.3) is 0 Å². The lowest BCUT2D eigenvalue weighted by atomic mass is 10.0. The predicted molar refractivity (Wildman–Crippen MR) is 63.1 cm³/mol. The van der Waals surface area contributed by atoms with Crippen molar-refractivity contribution in [2.45, 2.75) is 38.9 Å². The highest BCUT2D eigenvalue weighted by Gasteiger charge is 2.35. The van der Waals surface area contributed by atoms with Crippen LogP contribution in [-0.4, -0.2) is 28.1 Å². The molecule has 2 rings (SSSR count). The summed E-state index contributed by atoms with van der Waals surface area (Å²) >= 11 is 0. The molecular formula is C13H17NO3. The molecule has 1 aromatic rings. The number of hydrogen-bond donors (Lipinski definition) is 1. The topological polar surface area (TPSA) is 59.4 Å². The van der Waals surface area contributed by atoms with Crippen LogP contribution in [-0.2, 0) is 0 Å². The fraction of sp³-hybridized carbons (Fsp3) is 0.538. The van der Waals surface area contributed by atoms with Gasteiger partial charge in [-0.15, -0.1) is 0 Å². The number of rotatable bonds is 5. The third-order valence-corrected chi connectivity index (χ3v) is 2.71. The Morgan fingerprint density at radius 1 is 1.47 bits per heavy atom. The molecule has 1 aliphatic carbocycles. The fourth-order valence-electron chi connectivity index (χ4n) is 1.69.